The first kappa shape index (κ1) is 27.3. The highest BCUT2D eigenvalue weighted by Gasteiger charge is 2.25. The molecule has 0 aliphatic carbocycles. The van der Waals surface area contributed by atoms with E-state index in [1.54, 1.807) is 20.8 Å². The molecule has 0 aliphatic heterocycles. The molecule has 0 saturated carbocycles. The number of carbonyl (C=O) groups is 2. The van der Waals surface area contributed by atoms with Crippen LogP contribution in [0.3, 0.4) is 0 Å². The Morgan fingerprint density at radius 1 is 1.03 bits per heavy atom. The number of amides is 2. The van der Waals surface area contributed by atoms with E-state index in [0.29, 0.717) is 18.9 Å². The fourth-order valence-corrected chi connectivity index (χ4v) is 3.55. The number of aliphatic hydroxyl groups is 1. The molecule has 4 N–H and O–H groups in total. The van der Waals surface area contributed by atoms with Gasteiger partial charge in [0.15, 0.2) is 0 Å². The van der Waals surface area contributed by atoms with Crippen LogP contribution in [0.15, 0.2) is 48.5 Å². The zero-order chi connectivity index (χ0) is 25.3. The molecule has 2 atom stereocenters. The molecular formula is C27H39N3O4. The lowest BCUT2D eigenvalue weighted by Crippen LogP contribution is -2.49. The van der Waals surface area contributed by atoms with Gasteiger partial charge in [-0.05, 0) is 61.9 Å². The number of nitrogens with one attached hydrogen (secondary N) is 3. The molecule has 2 aromatic carbocycles. The molecule has 0 aromatic heterocycles. The lowest BCUT2D eigenvalue weighted by atomic mass is 9.99. The Morgan fingerprint density at radius 2 is 1.71 bits per heavy atom. The van der Waals surface area contributed by atoms with Gasteiger partial charge in [-0.3, -0.25) is 4.79 Å². The summed E-state index contributed by atoms with van der Waals surface area (Å²) in [6.45, 7) is 11.9. The van der Waals surface area contributed by atoms with E-state index >= 15 is 0 Å². The van der Waals surface area contributed by atoms with Crippen LogP contribution in [0.4, 0.5) is 10.5 Å². The zero-order valence-electron chi connectivity index (χ0n) is 21.1. The van der Waals surface area contributed by atoms with Crippen molar-refractivity contribution in [1.82, 2.24) is 10.6 Å². The van der Waals surface area contributed by atoms with Crippen molar-refractivity contribution in [2.75, 3.05) is 11.9 Å². The fourth-order valence-electron chi connectivity index (χ4n) is 3.55. The first-order valence-corrected chi connectivity index (χ1v) is 11.8. The Hall–Kier alpha value is -2.90. The Morgan fingerprint density at radius 3 is 2.29 bits per heavy atom. The van der Waals surface area contributed by atoms with Crippen molar-refractivity contribution in [3.8, 4) is 0 Å². The van der Waals surface area contributed by atoms with Crippen molar-refractivity contribution in [2.45, 2.75) is 78.2 Å². The van der Waals surface area contributed by atoms with Crippen LogP contribution in [0.25, 0.3) is 0 Å². The van der Waals surface area contributed by atoms with Crippen molar-refractivity contribution >= 4 is 17.7 Å². The monoisotopic (exact) mass is 469 g/mol. The molecule has 0 saturated heterocycles. The van der Waals surface area contributed by atoms with Crippen molar-refractivity contribution in [2.24, 2.45) is 0 Å². The van der Waals surface area contributed by atoms with Gasteiger partial charge >= 0.3 is 6.09 Å². The number of aliphatic hydroxyl groups excluding tert-OH is 1. The summed E-state index contributed by atoms with van der Waals surface area (Å²) in [6.07, 6.45) is -0.925. The van der Waals surface area contributed by atoms with Crippen LogP contribution < -0.4 is 16.0 Å². The molecule has 2 rings (SSSR count). The zero-order valence-corrected chi connectivity index (χ0v) is 21.1. The van der Waals surface area contributed by atoms with E-state index in [1.807, 2.05) is 42.5 Å². The van der Waals surface area contributed by atoms with E-state index in [-0.39, 0.29) is 12.5 Å². The second-order valence-corrected chi connectivity index (χ2v) is 9.94. The number of hydrogen-bond acceptors (Lipinski definition) is 5. The smallest absolute Gasteiger partial charge is 0.407 e. The van der Waals surface area contributed by atoms with Gasteiger partial charge in [-0.2, -0.15) is 0 Å². The summed E-state index contributed by atoms with van der Waals surface area (Å²) < 4.78 is 5.39. The molecule has 0 aliphatic rings. The summed E-state index contributed by atoms with van der Waals surface area (Å²) in [5, 5.41) is 19.9. The van der Waals surface area contributed by atoms with E-state index < -0.39 is 23.8 Å². The molecular weight excluding hydrogens is 430 g/mol. The Labute approximate surface area is 203 Å². The third-order valence-corrected chi connectivity index (χ3v) is 5.15. The predicted molar refractivity (Wildman–Crippen MR) is 136 cm³/mol. The normalized spacial score (nSPS) is 13.3. The van der Waals surface area contributed by atoms with E-state index in [0.717, 1.165) is 22.4 Å². The lowest BCUT2D eigenvalue weighted by molar-refractivity contribution is -0.114. The van der Waals surface area contributed by atoms with E-state index in [2.05, 4.69) is 35.9 Å². The highest BCUT2D eigenvalue weighted by Crippen LogP contribution is 2.22. The second kappa shape index (κ2) is 12.5. The van der Waals surface area contributed by atoms with Crippen LogP contribution in [0.5, 0.6) is 0 Å². The lowest BCUT2D eigenvalue weighted by Gasteiger charge is -2.27. The minimum absolute atomic E-state index is 0.118. The molecule has 0 bridgehead atoms. The molecule has 2 unspecified atom stereocenters. The van der Waals surface area contributed by atoms with E-state index in [9.17, 15) is 14.7 Å². The molecule has 0 heterocycles. The van der Waals surface area contributed by atoms with Crippen LogP contribution in [-0.2, 0) is 22.5 Å². The van der Waals surface area contributed by atoms with Gasteiger partial charge in [0, 0.05) is 25.7 Å². The van der Waals surface area contributed by atoms with Gasteiger partial charge in [-0.15, -0.1) is 0 Å². The van der Waals surface area contributed by atoms with Gasteiger partial charge in [0.2, 0.25) is 5.91 Å². The maximum Gasteiger partial charge on any atom is 0.407 e. The van der Waals surface area contributed by atoms with Gasteiger partial charge in [0.1, 0.15) is 5.60 Å². The summed E-state index contributed by atoms with van der Waals surface area (Å²) in [5.41, 5.74) is 3.26. The summed E-state index contributed by atoms with van der Waals surface area (Å²) in [4.78, 5) is 23.9. The largest absolute Gasteiger partial charge is 0.444 e. The summed E-state index contributed by atoms with van der Waals surface area (Å²) in [5.74, 6) is 0.193. The van der Waals surface area contributed by atoms with Gasteiger partial charge in [-0.25, -0.2) is 4.79 Å². The third-order valence-electron chi connectivity index (χ3n) is 5.15. The van der Waals surface area contributed by atoms with Gasteiger partial charge in [-0.1, -0.05) is 50.2 Å². The number of hydrogen-bond donors (Lipinski definition) is 4. The number of benzene rings is 2. The number of ether oxygens (including phenoxy) is 1. The highest BCUT2D eigenvalue weighted by molar-refractivity contribution is 5.88. The topological polar surface area (TPSA) is 99.7 Å². The van der Waals surface area contributed by atoms with Crippen molar-refractivity contribution in [3.63, 3.8) is 0 Å². The number of anilines is 1. The summed E-state index contributed by atoms with van der Waals surface area (Å²) >= 11 is 0. The SMILES string of the molecule is CC(=O)Nc1cc(CNCC(O)C(Cc2ccccc2)NC(=O)OC(C)(C)C)cc(C(C)C)c1. The summed E-state index contributed by atoms with van der Waals surface area (Å²) in [7, 11) is 0. The molecule has 7 nitrogen and oxygen atoms in total. The van der Waals surface area contributed by atoms with Crippen LogP contribution in [0, 0.1) is 0 Å². The van der Waals surface area contributed by atoms with Gasteiger partial charge in [0.05, 0.1) is 12.1 Å². The fraction of sp³-hybridized carbons (Fsp3) is 0.481. The van der Waals surface area contributed by atoms with Crippen LogP contribution in [0.1, 0.15) is 64.2 Å². The van der Waals surface area contributed by atoms with Gasteiger partial charge < -0.3 is 25.8 Å². The average Bonchev–Trinajstić information content (AvgIpc) is 2.72. The van der Waals surface area contributed by atoms with Crippen molar-refractivity contribution < 1.29 is 19.4 Å². The average molecular weight is 470 g/mol. The third kappa shape index (κ3) is 9.93. The molecule has 0 spiro atoms. The maximum atomic E-state index is 12.4. The number of alkyl carbamates (subject to hydrolysis) is 1. The van der Waals surface area contributed by atoms with Crippen molar-refractivity contribution in [1.29, 1.82) is 0 Å². The Kier molecular flexibility index (Phi) is 10.1. The minimum atomic E-state index is -0.837. The van der Waals surface area contributed by atoms with Gasteiger partial charge in [0.25, 0.3) is 0 Å². The molecule has 7 heteroatoms. The molecule has 2 aromatic rings. The Balaban J connectivity index is 2.06. The predicted octanol–water partition coefficient (Wildman–Crippen LogP) is 4.35. The van der Waals surface area contributed by atoms with E-state index in [1.165, 1.54) is 6.92 Å². The second-order valence-electron chi connectivity index (χ2n) is 9.94. The quantitative estimate of drug-likeness (QED) is 0.414. The minimum Gasteiger partial charge on any atom is -0.444 e. The molecule has 0 fully saturated rings. The number of rotatable bonds is 10. The first-order valence-electron chi connectivity index (χ1n) is 11.8. The van der Waals surface area contributed by atoms with Crippen LogP contribution >= 0.6 is 0 Å². The molecule has 186 valence electrons. The highest BCUT2D eigenvalue weighted by atomic mass is 16.6. The van der Waals surface area contributed by atoms with Crippen molar-refractivity contribution in [3.05, 3.63) is 65.2 Å². The van der Waals surface area contributed by atoms with Crippen LogP contribution in [-0.4, -0.2) is 41.4 Å². The van der Waals surface area contributed by atoms with Crippen LogP contribution in [0.2, 0.25) is 0 Å². The number of carbonyl (C=O) groups excluding carboxylic acids is 2. The Bertz CT molecular complexity index is 939. The van der Waals surface area contributed by atoms with E-state index in [4.69, 9.17) is 4.74 Å². The molecule has 0 radical (unpaired) electrons. The standard InChI is InChI=1S/C27H39N3O4/c1-18(2)22-12-21(13-23(15-22)29-19(3)31)16-28-17-25(32)24(14-20-10-8-7-9-11-20)30-26(33)34-27(4,5)6/h7-13,15,18,24-25,28,32H,14,16-17H2,1-6H3,(H,29,31)(H,30,33). The maximum absolute atomic E-state index is 12.4. The first-order chi connectivity index (χ1) is 15.9. The molecule has 2 amide bonds. The summed E-state index contributed by atoms with van der Waals surface area (Å²) in [6, 6.07) is 15.2. The molecule has 34 heavy (non-hydrogen) atoms.